The molecule has 0 N–H and O–H groups in total. The van der Waals surface area contributed by atoms with Crippen molar-refractivity contribution in [2.24, 2.45) is 0 Å². The van der Waals surface area contributed by atoms with Crippen LogP contribution >= 0.6 is 58.4 Å². The fourth-order valence-corrected chi connectivity index (χ4v) is 3.08. The fraction of sp³-hybridized carbons (Fsp3) is 0.0714. The van der Waals surface area contributed by atoms with Crippen LogP contribution in [-0.4, -0.2) is 9.03 Å². The van der Waals surface area contributed by atoms with Crippen LogP contribution in [-0.2, 0) is 0 Å². The number of anilines is 1. The summed E-state index contributed by atoms with van der Waals surface area (Å²) in [7, 11) is 0. The van der Waals surface area contributed by atoms with Crippen LogP contribution in [0.3, 0.4) is 0 Å². The molecular weight excluding hydrogens is 372 g/mol. The lowest BCUT2D eigenvalue weighted by molar-refractivity contribution is 0.101. The highest BCUT2D eigenvalue weighted by Crippen LogP contribution is 2.43. The summed E-state index contributed by atoms with van der Waals surface area (Å²) >= 11 is 24.3. The van der Waals surface area contributed by atoms with Gasteiger partial charge in [0.1, 0.15) is 0 Å². The molecule has 2 nitrogen and oxygen atoms in total. The molecule has 0 bridgehead atoms. The maximum absolute atomic E-state index is 12.7. The predicted octanol–water partition coefficient (Wildman–Crippen LogP) is 5.96. The zero-order chi connectivity index (χ0) is 15.5. The first-order valence-corrected chi connectivity index (χ1v) is 8.07. The summed E-state index contributed by atoms with van der Waals surface area (Å²) in [6, 6.07) is 15.6. The highest BCUT2D eigenvalue weighted by atomic mass is 35.6. The average Bonchev–Trinajstić information content (AvgIpc) is 2.45. The summed E-state index contributed by atoms with van der Waals surface area (Å²) in [5, 5.41) is 0.341. The zero-order valence-electron chi connectivity index (χ0n) is 10.5. The molecule has 0 aromatic heterocycles. The van der Waals surface area contributed by atoms with Gasteiger partial charge in [0.2, 0.25) is 0 Å². The Hall–Kier alpha value is -0.580. The number of rotatable bonds is 3. The molecule has 2 rings (SSSR count). The summed E-state index contributed by atoms with van der Waals surface area (Å²) in [6.07, 6.45) is 0. The Morgan fingerprint density at radius 2 is 1.52 bits per heavy atom. The van der Waals surface area contributed by atoms with Crippen molar-refractivity contribution in [3.05, 3.63) is 65.2 Å². The minimum absolute atomic E-state index is 0.338. The number of hydrogen-bond acceptors (Lipinski definition) is 2. The molecule has 2 aromatic rings. The maximum atomic E-state index is 12.7. The molecule has 0 unspecified atom stereocenters. The Labute approximate surface area is 147 Å². The highest BCUT2D eigenvalue weighted by Gasteiger charge is 2.30. The third-order valence-corrected chi connectivity index (χ3v) is 4.19. The van der Waals surface area contributed by atoms with Crippen LogP contribution < -0.4 is 4.31 Å². The Morgan fingerprint density at radius 1 is 0.952 bits per heavy atom. The second-order valence-electron chi connectivity index (χ2n) is 3.95. The molecule has 0 aliphatic rings. The Bertz CT molecular complexity index is 630. The largest absolute Gasteiger partial charge is 0.270 e. The van der Waals surface area contributed by atoms with Crippen LogP contribution in [0.25, 0.3) is 0 Å². The van der Waals surface area contributed by atoms with Gasteiger partial charge in [-0.15, -0.1) is 0 Å². The summed E-state index contributed by atoms with van der Waals surface area (Å²) in [6.45, 7) is 0. The van der Waals surface area contributed by atoms with Crippen LogP contribution in [0.1, 0.15) is 10.4 Å². The zero-order valence-corrected chi connectivity index (χ0v) is 14.3. The normalized spacial score (nSPS) is 11.2. The predicted molar refractivity (Wildman–Crippen MR) is 92.6 cm³/mol. The molecule has 0 saturated carbocycles. The third kappa shape index (κ3) is 4.70. The van der Waals surface area contributed by atoms with Crippen LogP contribution in [0, 0.1) is 0 Å². The van der Waals surface area contributed by atoms with E-state index < -0.39 is 3.12 Å². The second-order valence-corrected chi connectivity index (χ2v) is 8.47. The molecule has 0 spiro atoms. The van der Waals surface area contributed by atoms with Crippen LogP contribution in [0.2, 0.25) is 5.02 Å². The molecule has 21 heavy (non-hydrogen) atoms. The quantitative estimate of drug-likeness (QED) is 0.483. The van der Waals surface area contributed by atoms with Crippen LogP contribution in [0.15, 0.2) is 54.6 Å². The van der Waals surface area contributed by atoms with E-state index in [9.17, 15) is 4.79 Å². The molecule has 0 aliphatic carbocycles. The minimum Gasteiger partial charge on any atom is -0.268 e. The van der Waals surface area contributed by atoms with E-state index in [0.29, 0.717) is 16.3 Å². The van der Waals surface area contributed by atoms with Gasteiger partial charge in [-0.3, -0.25) is 4.79 Å². The molecule has 7 heteroatoms. The summed E-state index contributed by atoms with van der Waals surface area (Å²) in [5.41, 5.74) is 0.934. The Morgan fingerprint density at radius 3 is 2.10 bits per heavy atom. The van der Waals surface area contributed by atoms with Crippen molar-refractivity contribution in [3.8, 4) is 0 Å². The van der Waals surface area contributed by atoms with Gasteiger partial charge >= 0.3 is 0 Å². The van der Waals surface area contributed by atoms with Crippen molar-refractivity contribution in [2.45, 2.75) is 3.12 Å². The molecule has 0 aliphatic heterocycles. The number of para-hydroxylation sites is 1. The monoisotopic (exact) mass is 379 g/mol. The summed E-state index contributed by atoms with van der Waals surface area (Å²) < 4.78 is -0.360. The van der Waals surface area contributed by atoms with Crippen LogP contribution in [0.5, 0.6) is 0 Å². The van der Waals surface area contributed by atoms with Gasteiger partial charge in [-0.1, -0.05) is 76.7 Å². The topological polar surface area (TPSA) is 20.3 Å². The fourth-order valence-electron chi connectivity index (χ4n) is 1.62. The molecule has 0 heterocycles. The van der Waals surface area contributed by atoms with Gasteiger partial charge in [0.15, 0.2) is 0 Å². The number of amides is 1. The van der Waals surface area contributed by atoms with E-state index in [1.165, 1.54) is 4.31 Å². The van der Waals surface area contributed by atoms with Gasteiger partial charge in [0.05, 0.1) is 16.3 Å². The number of hydrogen-bond donors (Lipinski definition) is 0. The Kier molecular flexibility index (Phi) is 5.69. The third-order valence-electron chi connectivity index (χ3n) is 2.47. The molecule has 110 valence electrons. The van der Waals surface area contributed by atoms with E-state index in [2.05, 4.69) is 0 Å². The smallest absolute Gasteiger partial charge is 0.268 e. The van der Waals surface area contributed by atoms with Gasteiger partial charge in [-0.05, 0) is 24.3 Å². The van der Waals surface area contributed by atoms with Crippen molar-refractivity contribution >= 4 is 69.9 Å². The minimum atomic E-state index is -1.67. The first-order chi connectivity index (χ1) is 9.88. The first kappa shape index (κ1) is 16.8. The van der Waals surface area contributed by atoms with Gasteiger partial charge in [0, 0.05) is 11.9 Å². The Balaban J connectivity index is 2.41. The lowest BCUT2D eigenvalue weighted by Crippen LogP contribution is -2.27. The first-order valence-electron chi connectivity index (χ1n) is 5.78. The maximum Gasteiger partial charge on any atom is 0.270 e. The van der Waals surface area contributed by atoms with E-state index in [1.54, 1.807) is 48.5 Å². The van der Waals surface area contributed by atoms with Gasteiger partial charge in [0.25, 0.3) is 9.03 Å². The molecule has 1 amide bonds. The molecule has 0 radical (unpaired) electrons. The van der Waals surface area contributed by atoms with Gasteiger partial charge in [-0.2, -0.15) is 0 Å². The molecule has 0 saturated heterocycles. The van der Waals surface area contributed by atoms with Crippen molar-refractivity contribution in [2.75, 3.05) is 4.31 Å². The number of alkyl halides is 3. The van der Waals surface area contributed by atoms with Crippen molar-refractivity contribution in [3.63, 3.8) is 0 Å². The average molecular weight is 381 g/mol. The summed E-state index contributed by atoms with van der Waals surface area (Å²) in [5.74, 6) is -0.358. The lowest BCUT2D eigenvalue weighted by Gasteiger charge is -2.25. The van der Waals surface area contributed by atoms with E-state index in [-0.39, 0.29) is 5.91 Å². The van der Waals surface area contributed by atoms with Crippen molar-refractivity contribution < 1.29 is 4.79 Å². The number of carbonyl (C=O) groups is 1. The number of halogens is 4. The van der Waals surface area contributed by atoms with Crippen molar-refractivity contribution in [1.82, 2.24) is 0 Å². The molecule has 0 atom stereocenters. The standard InChI is InChI=1S/C14H9Cl4NOS/c15-12-9-5-4-8-11(12)13(20)19(21-14(16,17)18)10-6-2-1-3-7-10/h1-9H. The van der Waals surface area contributed by atoms with Crippen molar-refractivity contribution in [1.29, 1.82) is 0 Å². The number of benzene rings is 2. The van der Waals surface area contributed by atoms with E-state index in [0.717, 1.165) is 11.9 Å². The highest BCUT2D eigenvalue weighted by molar-refractivity contribution is 8.06. The molecule has 2 aromatic carbocycles. The van der Waals surface area contributed by atoms with Crippen LogP contribution in [0.4, 0.5) is 5.69 Å². The molecule has 0 fully saturated rings. The molecular formula is C14H9Cl4NOS. The SMILES string of the molecule is O=C(c1ccccc1Cl)N(SC(Cl)(Cl)Cl)c1ccccc1. The van der Waals surface area contributed by atoms with E-state index in [1.807, 2.05) is 6.07 Å². The lowest BCUT2D eigenvalue weighted by atomic mass is 10.2. The number of carbonyl (C=O) groups excluding carboxylic acids is 1. The van der Waals surface area contributed by atoms with E-state index >= 15 is 0 Å². The van der Waals surface area contributed by atoms with Gasteiger partial charge < -0.3 is 0 Å². The van der Waals surface area contributed by atoms with E-state index in [4.69, 9.17) is 46.4 Å². The second kappa shape index (κ2) is 7.12. The van der Waals surface area contributed by atoms with Gasteiger partial charge in [-0.25, -0.2) is 4.31 Å². The summed E-state index contributed by atoms with van der Waals surface area (Å²) in [4.78, 5) is 12.7. The number of nitrogens with zero attached hydrogens (tertiary/aromatic N) is 1.